The highest BCUT2D eigenvalue weighted by molar-refractivity contribution is 7.45. The number of carbonyl (C=O) groups is 1. The van der Waals surface area contributed by atoms with Gasteiger partial charge < -0.3 is 34.0 Å². The predicted molar refractivity (Wildman–Crippen MR) is 220 cm³/mol. The molecule has 0 heterocycles. The fourth-order valence-corrected chi connectivity index (χ4v) is 5.83. The molecule has 53 heavy (non-hydrogen) atoms. The molecule has 0 aliphatic rings. The number of unbranched alkanes of at least 4 members (excludes halogenated alkanes) is 10. The minimum atomic E-state index is -4.61. The van der Waals surface area contributed by atoms with E-state index in [1.165, 1.54) is 32.1 Å². The average molecular weight is 765 g/mol. The molecule has 0 aliphatic carbocycles. The summed E-state index contributed by atoms with van der Waals surface area (Å²) in [5, 5.41) is 23.5. The molecule has 0 aromatic carbocycles. The van der Waals surface area contributed by atoms with E-state index in [4.69, 9.17) is 9.05 Å². The van der Waals surface area contributed by atoms with Crippen molar-refractivity contribution in [1.82, 2.24) is 5.32 Å². The van der Waals surface area contributed by atoms with Gasteiger partial charge in [0.15, 0.2) is 0 Å². The Balaban J connectivity index is 4.65. The van der Waals surface area contributed by atoms with Gasteiger partial charge >= 0.3 is 0 Å². The van der Waals surface area contributed by atoms with Crippen LogP contribution in [0.2, 0.25) is 0 Å². The number of quaternary nitrogens is 1. The lowest BCUT2D eigenvalue weighted by atomic mass is 10.1. The molecule has 1 amide bonds. The van der Waals surface area contributed by atoms with Crippen molar-refractivity contribution in [3.63, 3.8) is 0 Å². The maximum Gasteiger partial charge on any atom is 0.268 e. The van der Waals surface area contributed by atoms with E-state index >= 15 is 0 Å². The first-order chi connectivity index (χ1) is 25.4. The largest absolute Gasteiger partial charge is 0.756 e. The third kappa shape index (κ3) is 36.6. The highest BCUT2D eigenvalue weighted by atomic mass is 31.2. The maximum absolute atomic E-state index is 12.8. The van der Waals surface area contributed by atoms with Crippen LogP contribution in [0.25, 0.3) is 0 Å². The van der Waals surface area contributed by atoms with Gasteiger partial charge in [0.1, 0.15) is 13.2 Å². The molecule has 0 aliphatic heterocycles. The van der Waals surface area contributed by atoms with Crippen molar-refractivity contribution in [2.24, 2.45) is 0 Å². The summed E-state index contributed by atoms with van der Waals surface area (Å²) in [6, 6.07) is -0.933. The Labute approximate surface area is 324 Å². The van der Waals surface area contributed by atoms with Gasteiger partial charge in [0, 0.05) is 6.42 Å². The topological polar surface area (TPSA) is 128 Å². The lowest BCUT2D eigenvalue weighted by Gasteiger charge is -2.29. The molecule has 0 saturated carbocycles. The fraction of sp³-hybridized carbons (Fsp3) is 0.698. The molecule has 9 nitrogen and oxygen atoms in total. The van der Waals surface area contributed by atoms with Gasteiger partial charge in [0.2, 0.25) is 5.91 Å². The van der Waals surface area contributed by atoms with Crippen molar-refractivity contribution in [3.05, 3.63) is 72.9 Å². The summed E-state index contributed by atoms with van der Waals surface area (Å²) in [5.74, 6) is -0.274. The molecular formula is C43H77N2O7P. The monoisotopic (exact) mass is 765 g/mol. The van der Waals surface area contributed by atoms with Crippen LogP contribution < -0.4 is 10.2 Å². The lowest BCUT2D eigenvalue weighted by Crippen LogP contribution is -2.45. The van der Waals surface area contributed by atoms with Gasteiger partial charge in [-0.05, 0) is 70.6 Å². The molecule has 0 radical (unpaired) electrons. The van der Waals surface area contributed by atoms with E-state index < -0.39 is 26.6 Å². The van der Waals surface area contributed by atoms with E-state index in [1.807, 2.05) is 45.4 Å². The van der Waals surface area contributed by atoms with Gasteiger partial charge in [-0.15, -0.1) is 0 Å². The number of aliphatic hydroxyl groups is 2. The average Bonchev–Trinajstić information content (AvgIpc) is 3.10. The lowest BCUT2D eigenvalue weighted by molar-refractivity contribution is -0.870. The summed E-state index contributed by atoms with van der Waals surface area (Å²) in [4.78, 5) is 25.2. The number of nitrogens with one attached hydrogen (secondary N) is 1. The van der Waals surface area contributed by atoms with Crippen molar-refractivity contribution in [1.29, 1.82) is 0 Å². The first kappa shape index (κ1) is 50.9. The number of amides is 1. The van der Waals surface area contributed by atoms with Crippen LogP contribution in [0.5, 0.6) is 0 Å². The number of nitrogens with zero attached hydrogens (tertiary/aromatic N) is 1. The van der Waals surface area contributed by atoms with E-state index in [0.717, 1.165) is 77.0 Å². The van der Waals surface area contributed by atoms with Crippen LogP contribution in [0, 0.1) is 0 Å². The molecule has 0 aromatic heterocycles. The van der Waals surface area contributed by atoms with Gasteiger partial charge in [-0.3, -0.25) is 9.36 Å². The van der Waals surface area contributed by atoms with E-state index in [9.17, 15) is 24.5 Å². The van der Waals surface area contributed by atoms with Crippen molar-refractivity contribution in [2.75, 3.05) is 40.9 Å². The zero-order valence-electron chi connectivity index (χ0n) is 34.0. The Kier molecular flexibility index (Phi) is 33.0. The van der Waals surface area contributed by atoms with Crippen molar-refractivity contribution in [2.45, 2.75) is 154 Å². The number of rotatable bonds is 35. The Hall–Kier alpha value is -2.10. The van der Waals surface area contributed by atoms with Gasteiger partial charge in [-0.25, -0.2) is 0 Å². The number of carbonyl (C=O) groups excluding carboxylic acids is 1. The first-order valence-corrected chi connectivity index (χ1v) is 21.9. The second-order valence-corrected chi connectivity index (χ2v) is 16.2. The molecular weight excluding hydrogens is 687 g/mol. The molecule has 0 spiro atoms. The zero-order valence-corrected chi connectivity index (χ0v) is 34.9. The van der Waals surface area contributed by atoms with Gasteiger partial charge in [0.05, 0.1) is 46.0 Å². The molecule has 0 fully saturated rings. The standard InChI is InChI=1S/C43H77N2O7P/c1-6-8-10-11-12-13-14-15-19-22-25-28-31-35-42(47)41(39-52-53(49,50)51-38-37-45(3,4)5)44-43(48)36-32-29-26-23-20-17-16-18-21-24-27-30-34-40(46)33-9-7-2/h10-11,16-17,21,23-24,26,30-31,34-35,40-42,46-47H,6-9,12-15,18-20,22,25,27-29,32-33,36-39H2,1-5H3,(H-,44,48,49,50)/b11-10-,17-16-,24-21-,26-23-,34-30-,35-31+/t40-,41+,42-/m1/s1. The summed E-state index contributed by atoms with van der Waals surface area (Å²) >= 11 is 0. The Morgan fingerprint density at radius 3 is 1.87 bits per heavy atom. The molecule has 306 valence electrons. The first-order valence-electron chi connectivity index (χ1n) is 20.4. The zero-order chi connectivity index (χ0) is 39.5. The van der Waals surface area contributed by atoms with E-state index in [1.54, 1.807) is 6.08 Å². The summed E-state index contributed by atoms with van der Waals surface area (Å²) in [5.41, 5.74) is 0. The van der Waals surface area contributed by atoms with Crippen LogP contribution in [0.1, 0.15) is 136 Å². The van der Waals surface area contributed by atoms with Crippen molar-refractivity contribution < 1.29 is 38.0 Å². The minimum Gasteiger partial charge on any atom is -0.756 e. The smallest absolute Gasteiger partial charge is 0.268 e. The molecule has 4 atom stereocenters. The molecule has 3 N–H and O–H groups in total. The molecule has 10 heteroatoms. The molecule has 0 bridgehead atoms. The number of hydrogen-bond donors (Lipinski definition) is 3. The molecule has 0 saturated heterocycles. The summed E-state index contributed by atoms with van der Waals surface area (Å²) < 4.78 is 23.1. The normalized spacial score (nSPS) is 15.8. The van der Waals surface area contributed by atoms with Crippen LogP contribution in [-0.4, -0.2) is 79.8 Å². The van der Waals surface area contributed by atoms with Crippen LogP contribution in [0.4, 0.5) is 0 Å². The van der Waals surface area contributed by atoms with Gasteiger partial charge in [-0.2, -0.15) is 0 Å². The van der Waals surface area contributed by atoms with Crippen LogP contribution in [0.3, 0.4) is 0 Å². The Bertz CT molecular complexity index is 1110. The molecule has 0 rings (SSSR count). The van der Waals surface area contributed by atoms with Crippen LogP contribution >= 0.6 is 7.82 Å². The Morgan fingerprint density at radius 1 is 0.698 bits per heavy atom. The summed E-state index contributed by atoms with van der Waals surface area (Å²) in [6.07, 6.45) is 41.4. The van der Waals surface area contributed by atoms with Gasteiger partial charge in [0.25, 0.3) is 7.82 Å². The number of allylic oxidation sites excluding steroid dienone is 10. The van der Waals surface area contributed by atoms with E-state index in [0.29, 0.717) is 17.4 Å². The third-order valence-corrected chi connectivity index (χ3v) is 9.40. The number of phosphoric acid groups is 1. The van der Waals surface area contributed by atoms with Crippen LogP contribution in [0.15, 0.2) is 72.9 Å². The number of phosphoric ester groups is 1. The number of hydrogen-bond acceptors (Lipinski definition) is 7. The number of likely N-dealkylation sites (N-methyl/N-ethyl adjacent to an activating group) is 1. The Morgan fingerprint density at radius 2 is 1.25 bits per heavy atom. The third-order valence-electron chi connectivity index (χ3n) is 8.43. The van der Waals surface area contributed by atoms with Crippen molar-refractivity contribution in [3.8, 4) is 0 Å². The van der Waals surface area contributed by atoms with Crippen LogP contribution in [-0.2, 0) is 18.4 Å². The van der Waals surface area contributed by atoms with E-state index in [2.05, 4.69) is 61.7 Å². The SMILES string of the molecule is CCC/C=C\CCCCCCCC/C=C/[C@@H](O)[C@H](COP(=O)([O-])OCC[N+](C)(C)C)NC(=O)CCC/C=C\C/C=C\C/C=C\C/C=C\[C@H](O)CCCC. The number of aliphatic hydroxyl groups excluding tert-OH is 2. The van der Waals surface area contributed by atoms with E-state index in [-0.39, 0.29) is 25.0 Å². The van der Waals surface area contributed by atoms with Gasteiger partial charge in [-0.1, -0.05) is 132 Å². The summed E-state index contributed by atoms with van der Waals surface area (Å²) in [6.45, 7) is 4.35. The second kappa shape index (κ2) is 34.4. The predicted octanol–water partition coefficient (Wildman–Crippen LogP) is 9.19. The highest BCUT2D eigenvalue weighted by Gasteiger charge is 2.23. The maximum atomic E-state index is 12.8. The molecule has 0 aromatic rings. The second-order valence-electron chi connectivity index (χ2n) is 14.8. The molecule has 1 unspecified atom stereocenters. The highest BCUT2D eigenvalue weighted by Crippen LogP contribution is 2.38. The fourth-order valence-electron chi connectivity index (χ4n) is 5.10. The van der Waals surface area contributed by atoms with Crippen molar-refractivity contribution >= 4 is 13.7 Å². The summed E-state index contributed by atoms with van der Waals surface area (Å²) in [7, 11) is 1.18. The quantitative estimate of drug-likeness (QED) is 0.0254. The minimum absolute atomic E-state index is 0.0241.